The number of amides is 2. The maximum Gasteiger partial charge on any atom is 0.410 e. The molecule has 0 saturated heterocycles. The quantitative estimate of drug-likeness (QED) is 0.412. The second kappa shape index (κ2) is 10.4. The number of nitrogens with zero attached hydrogens (tertiary/aromatic N) is 3. The van der Waals surface area contributed by atoms with Gasteiger partial charge in [-0.1, -0.05) is 30.3 Å². The van der Waals surface area contributed by atoms with Crippen LogP contribution in [0.15, 0.2) is 53.6 Å². The zero-order valence-electron chi connectivity index (χ0n) is 15.9. The Hall–Kier alpha value is -3.95. The summed E-state index contributed by atoms with van der Waals surface area (Å²) in [5.41, 5.74) is 3.26. The Labute approximate surface area is 166 Å². The lowest BCUT2D eigenvalue weighted by atomic mass is 10.2. The van der Waals surface area contributed by atoms with Gasteiger partial charge in [-0.15, -0.1) is 0 Å². The first kappa shape index (κ1) is 21.4. The van der Waals surface area contributed by atoms with E-state index in [1.165, 1.54) is 32.5 Å². The third-order valence-electron chi connectivity index (χ3n) is 3.70. The average Bonchev–Trinajstić information content (AvgIpc) is 2.72. The largest absolute Gasteiger partial charge is 0.490 e. The number of hydrazone groups is 1. The molecule has 0 aliphatic heterocycles. The van der Waals surface area contributed by atoms with Gasteiger partial charge >= 0.3 is 11.8 Å². The standard InChI is InChI=1S/C19H20N4O6/c1-22(19(25)29-13-14-6-4-3-5-7-14)12-18(24)21-20-11-15-8-9-17(28-2)16(10-15)23(26)27/h3-11H,12-13H2,1-2H3,(H,21,24)/b20-11-. The van der Waals surface area contributed by atoms with Crippen LogP contribution in [0, 0.1) is 10.1 Å². The van der Waals surface area contributed by atoms with E-state index in [0.29, 0.717) is 5.56 Å². The summed E-state index contributed by atoms with van der Waals surface area (Å²) in [7, 11) is 2.75. The van der Waals surface area contributed by atoms with Crippen molar-refractivity contribution >= 4 is 23.9 Å². The lowest BCUT2D eigenvalue weighted by molar-refractivity contribution is -0.385. The van der Waals surface area contributed by atoms with Gasteiger partial charge in [0, 0.05) is 18.7 Å². The van der Waals surface area contributed by atoms with E-state index in [0.717, 1.165) is 10.5 Å². The molecular weight excluding hydrogens is 380 g/mol. The fourth-order valence-corrected chi connectivity index (χ4v) is 2.25. The Morgan fingerprint density at radius 3 is 2.62 bits per heavy atom. The van der Waals surface area contributed by atoms with E-state index in [2.05, 4.69) is 10.5 Å². The number of nitrogens with one attached hydrogen (secondary N) is 1. The molecule has 0 bridgehead atoms. The number of carbonyl (C=O) groups excluding carboxylic acids is 2. The summed E-state index contributed by atoms with van der Waals surface area (Å²) in [4.78, 5) is 35.3. The SMILES string of the molecule is COc1ccc(/C=N\NC(=O)CN(C)C(=O)OCc2ccccc2)cc1[N+](=O)[O-]. The number of nitro benzene ring substituents is 1. The van der Waals surface area contributed by atoms with Crippen LogP contribution in [0.5, 0.6) is 5.75 Å². The summed E-state index contributed by atoms with van der Waals surface area (Å²) in [6, 6.07) is 13.4. The second-order valence-corrected chi connectivity index (χ2v) is 5.88. The van der Waals surface area contributed by atoms with E-state index in [1.54, 1.807) is 6.07 Å². The summed E-state index contributed by atoms with van der Waals surface area (Å²) < 4.78 is 10.0. The molecule has 0 atom stereocenters. The van der Waals surface area contributed by atoms with Gasteiger partial charge in [-0.2, -0.15) is 5.10 Å². The topological polar surface area (TPSA) is 123 Å². The molecule has 2 aromatic rings. The molecule has 0 radical (unpaired) electrons. The minimum atomic E-state index is -0.654. The van der Waals surface area contributed by atoms with Crippen molar-refractivity contribution in [3.63, 3.8) is 0 Å². The number of methoxy groups -OCH3 is 1. The number of rotatable bonds is 8. The van der Waals surface area contributed by atoms with E-state index in [9.17, 15) is 19.7 Å². The molecule has 2 aromatic carbocycles. The summed E-state index contributed by atoms with van der Waals surface area (Å²) in [6.45, 7) is -0.173. The zero-order chi connectivity index (χ0) is 21.2. The molecule has 152 valence electrons. The molecule has 0 fully saturated rings. The first-order valence-electron chi connectivity index (χ1n) is 8.47. The monoisotopic (exact) mass is 400 g/mol. The minimum Gasteiger partial charge on any atom is -0.490 e. The Bertz CT molecular complexity index is 901. The fraction of sp³-hybridized carbons (Fsp3) is 0.211. The molecule has 0 aliphatic rings. The van der Waals surface area contributed by atoms with Gasteiger partial charge in [-0.3, -0.25) is 14.9 Å². The number of likely N-dealkylation sites (N-methyl/N-ethyl adjacent to an activating group) is 1. The van der Waals surface area contributed by atoms with Crippen LogP contribution in [-0.2, 0) is 16.1 Å². The van der Waals surface area contributed by atoms with Crippen LogP contribution in [-0.4, -0.2) is 48.7 Å². The number of benzene rings is 2. The number of ether oxygens (including phenoxy) is 2. The van der Waals surface area contributed by atoms with Crippen molar-refractivity contribution in [3.05, 3.63) is 69.8 Å². The fourth-order valence-electron chi connectivity index (χ4n) is 2.25. The normalized spacial score (nSPS) is 10.4. The van der Waals surface area contributed by atoms with E-state index in [1.807, 2.05) is 30.3 Å². The van der Waals surface area contributed by atoms with Gasteiger partial charge in [0.15, 0.2) is 5.75 Å². The molecular formula is C19H20N4O6. The first-order chi connectivity index (χ1) is 13.9. The van der Waals surface area contributed by atoms with Gasteiger partial charge in [0.05, 0.1) is 18.2 Å². The molecule has 2 rings (SSSR count). The predicted molar refractivity (Wildman–Crippen MR) is 105 cm³/mol. The van der Waals surface area contributed by atoms with Crippen LogP contribution < -0.4 is 10.2 Å². The van der Waals surface area contributed by atoms with Crippen molar-refractivity contribution in [2.24, 2.45) is 5.10 Å². The minimum absolute atomic E-state index is 0.0973. The van der Waals surface area contributed by atoms with E-state index in [-0.39, 0.29) is 24.6 Å². The van der Waals surface area contributed by atoms with Gasteiger partial charge in [0.2, 0.25) is 0 Å². The summed E-state index contributed by atoms with van der Waals surface area (Å²) in [5.74, 6) is -0.435. The van der Waals surface area contributed by atoms with Crippen molar-refractivity contribution in [1.82, 2.24) is 10.3 Å². The Morgan fingerprint density at radius 1 is 1.24 bits per heavy atom. The smallest absolute Gasteiger partial charge is 0.410 e. The zero-order valence-corrected chi connectivity index (χ0v) is 15.9. The van der Waals surface area contributed by atoms with Gasteiger partial charge in [0.25, 0.3) is 5.91 Å². The average molecular weight is 400 g/mol. The lowest BCUT2D eigenvalue weighted by Crippen LogP contribution is -2.36. The van der Waals surface area contributed by atoms with Crippen molar-refractivity contribution in [2.75, 3.05) is 20.7 Å². The van der Waals surface area contributed by atoms with Gasteiger partial charge in [-0.25, -0.2) is 10.2 Å². The maximum absolute atomic E-state index is 11.9. The highest BCUT2D eigenvalue weighted by Gasteiger charge is 2.15. The number of hydrogen-bond donors (Lipinski definition) is 1. The van der Waals surface area contributed by atoms with Crippen molar-refractivity contribution in [2.45, 2.75) is 6.61 Å². The molecule has 0 spiro atoms. The second-order valence-electron chi connectivity index (χ2n) is 5.88. The van der Waals surface area contributed by atoms with Gasteiger partial charge < -0.3 is 14.4 Å². The molecule has 0 saturated carbocycles. The van der Waals surface area contributed by atoms with Crippen LogP contribution in [0.4, 0.5) is 10.5 Å². The third kappa shape index (κ3) is 6.61. The summed E-state index contributed by atoms with van der Waals surface area (Å²) in [5, 5.41) is 14.7. The number of hydrogen-bond acceptors (Lipinski definition) is 7. The number of nitro groups is 1. The van der Waals surface area contributed by atoms with E-state index < -0.39 is 16.9 Å². The maximum atomic E-state index is 11.9. The highest BCUT2D eigenvalue weighted by Crippen LogP contribution is 2.26. The Kier molecular flexibility index (Phi) is 7.66. The molecule has 10 heteroatoms. The Morgan fingerprint density at radius 2 is 1.97 bits per heavy atom. The van der Waals surface area contributed by atoms with Crippen molar-refractivity contribution in [3.8, 4) is 5.75 Å². The van der Waals surface area contributed by atoms with E-state index >= 15 is 0 Å². The van der Waals surface area contributed by atoms with Crippen molar-refractivity contribution in [1.29, 1.82) is 0 Å². The molecule has 0 heterocycles. The molecule has 2 amide bonds. The van der Waals surface area contributed by atoms with Crippen molar-refractivity contribution < 1.29 is 24.0 Å². The highest BCUT2D eigenvalue weighted by molar-refractivity contribution is 5.85. The molecule has 0 aromatic heterocycles. The summed E-state index contributed by atoms with van der Waals surface area (Å²) in [6.07, 6.45) is 0.594. The third-order valence-corrected chi connectivity index (χ3v) is 3.70. The van der Waals surface area contributed by atoms with Crippen LogP contribution >= 0.6 is 0 Å². The molecule has 1 N–H and O–H groups in total. The predicted octanol–water partition coefficient (Wildman–Crippen LogP) is 2.32. The summed E-state index contributed by atoms with van der Waals surface area (Å²) >= 11 is 0. The lowest BCUT2D eigenvalue weighted by Gasteiger charge is -2.15. The Balaban J connectivity index is 1.83. The van der Waals surface area contributed by atoms with Crippen LogP contribution in [0.2, 0.25) is 0 Å². The van der Waals surface area contributed by atoms with Crippen LogP contribution in [0.1, 0.15) is 11.1 Å². The van der Waals surface area contributed by atoms with Gasteiger partial charge in [0.1, 0.15) is 13.2 Å². The van der Waals surface area contributed by atoms with Crippen LogP contribution in [0.25, 0.3) is 0 Å². The first-order valence-corrected chi connectivity index (χ1v) is 8.47. The highest BCUT2D eigenvalue weighted by atomic mass is 16.6. The van der Waals surface area contributed by atoms with Crippen LogP contribution in [0.3, 0.4) is 0 Å². The molecule has 0 aliphatic carbocycles. The van der Waals surface area contributed by atoms with Gasteiger partial charge in [-0.05, 0) is 17.7 Å². The van der Waals surface area contributed by atoms with E-state index in [4.69, 9.17) is 9.47 Å². The number of carbonyl (C=O) groups is 2. The molecule has 10 nitrogen and oxygen atoms in total. The molecule has 29 heavy (non-hydrogen) atoms. The molecule has 0 unspecified atom stereocenters.